The van der Waals surface area contributed by atoms with Crippen molar-refractivity contribution in [3.8, 4) is 6.07 Å². The standard InChI is InChI=1S/C11H13NO/c1-11(2,8-12)10-5-3-9(7-13)4-6-10/h3-6,13H,7H2,1-2H3. The molecule has 1 aromatic carbocycles. The normalized spacial score (nSPS) is 10.9. The smallest absolute Gasteiger partial charge is 0.0766 e. The first-order chi connectivity index (χ1) is 6.10. The SMILES string of the molecule is CC(C)(C#N)c1ccc(CO)cc1. The van der Waals surface area contributed by atoms with Crippen molar-refractivity contribution in [3.05, 3.63) is 35.4 Å². The maximum absolute atomic E-state index is 8.87. The molecule has 0 saturated heterocycles. The number of aliphatic hydroxyl groups excluding tert-OH is 1. The van der Waals surface area contributed by atoms with E-state index in [2.05, 4.69) is 6.07 Å². The highest BCUT2D eigenvalue weighted by molar-refractivity contribution is 5.32. The molecule has 0 aliphatic heterocycles. The molecule has 2 nitrogen and oxygen atoms in total. The summed E-state index contributed by atoms with van der Waals surface area (Å²) in [5.74, 6) is 0. The summed E-state index contributed by atoms with van der Waals surface area (Å²) in [6, 6.07) is 9.68. The zero-order valence-electron chi connectivity index (χ0n) is 7.91. The summed E-state index contributed by atoms with van der Waals surface area (Å²) in [5.41, 5.74) is 1.40. The van der Waals surface area contributed by atoms with Crippen LogP contribution in [0.5, 0.6) is 0 Å². The third-order valence-electron chi connectivity index (χ3n) is 2.14. The molecule has 0 aliphatic carbocycles. The molecular weight excluding hydrogens is 162 g/mol. The van der Waals surface area contributed by atoms with Gasteiger partial charge in [0.1, 0.15) is 0 Å². The van der Waals surface area contributed by atoms with Gasteiger partial charge in [0.15, 0.2) is 0 Å². The molecule has 1 N–H and O–H groups in total. The largest absolute Gasteiger partial charge is 0.392 e. The first-order valence-electron chi connectivity index (χ1n) is 4.21. The lowest BCUT2D eigenvalue weighted by Gasteiger charge is -2.15. The van der Waals surface area contributed by atoms with Crippen molar-refractivity contribution in [2.24, 2.45) is 0 Å². The van der Waals surface area contributed by atoms with Crippen LogP contribution in [0.15, 0.2) is 24.3 Å². The molecule has 13 heavy (non-hydrogen) atoms. The van der Waals surface area contributed by atoms with Gasteiger partial charge in [0.25, 0.3) is 0 Å². The second-order valence-electron chi connectivity index (χ2n) is 3.59. The first-order valence-corrected chi connectivity index (χ1v) is 4.21. The minimum atomic E-state index is -0.450. The number of nitriles is 1. The van der Waals surface area contributed by atoms with Crippen molar-refractivity contribution in [1.82, 2.24) is 0 Å². The summed E-state index contributed by atoms with van der Waals surface area (Å²) in [6.45, 7) is 3.80. The van der Waals surface area contributed by atoms with E-state index in [9.17, 15) is 0 Å². The summed E-state index contributed by atoms with van der Waals surface area (Å²) < 4.78 is 0. The van der Waals surface area contributed by atoms with Crippen molar-refractivity contribution < 1.29 is 5.11 Å². The van der Waals surface area contributed by atoms with E-state index in [1.54, 1.807) is 0 Å². The molecule has 0 bridgehead atoms. The molecule has 0 aromatic heterocycles. The lowest BCUT2D eigenvalue weighted by molar-refractivity contribution is 0.282. The number of nitrogens with zero attached hydrogens (tertiary/aromatic N) is 1. The fourth-order valence-corrected chi connectivity index (χ4v) is 1.09. The number of hydrogen-bond donors (Lipinski definition) is 1. The Kier molecular flexibility index (Phi) is 2.69. The highest BCUT2D eigenvalue weighted by Gasteiger charge is 2.18. The average molecular weight is 175 g/mol. The van der Waals surface area contributed by atoms with Gasteiger partial charge >= 0.3 is 0 Å². The lowest BCUT2D eigenvalue weighted by Crippen LogP contribution is -2.13. The van der Waals surface area contributed by atoms with Crippen LogP contribution >= 0.6 is 0 Å². The molecule has 0 unspecified atom stereocenters. The Morgan fingerprint density at radius 3 is 2.23 bits per heavy atom. The molecule has 0 amide bonds. The first kappa shape index (κ1) is 9.76. The molecule has 0 radical (unpaired) electrons. The van der Waals surface area contributed by atoms with Gasteiger partial charge in [-0.15, -0.1) is 0 Å². The Bertz CT molecular complexity index is 319. The van der Waals surface area contributed by atoms with Gasteiger partial charge in [-0.05, 0) is 25.0 Å². The van der Waals surface area contributed by atoms with E-state index in [0.29, 0.717) is 0 Å². The van der Waals surface area contributed by atoms with Gasteiger partial charge in [-0.3, -0.25) is 0 Å². The van der Waals surface area contributed by atoms with E-state index >= 15 is 0 Å². The van der Waals surface area contributed by atoms with Gasteiger partial charge in [0.2, 0.25) is 0 Å². The van der Waals surface area contributed by atoms with Crippen molar-refractivity contribution in [2.45, 2.75) is 25.9 Å². The highest BCUT2D eigenvalue weighted by atomic mass is 16.3. The maximum atomic E-state index is 8.87. The molecule has 0 fully saturated rings. The predicted octanol–water partition coefficient (Wildman–Crippen LogP) is 1.98. The monoisotopic (exact) mass is 175 g/mol. The Hall–Kier alpha value is -1.33. The van der Waals surface area contributed by atoms with Crippen LogP contribution in [0.3, 0.4) is 0 Å². The van der Waals surface area contributed by atoms with Gasteiger partial charge < -0.3 is 5.11 Å². The van der Waals surface area contributed by atoms with E-state index in [1.165, 1.54) is 0 Å². The fourth-order valence-electron chi connectivity index (χ4n) is 1.09. The predicted molar refractivity (Wildman–Crippen MR) is 51.0 cm³/mol. The van der Waals surface area contributed by atoms with Crippen LogP contribution in [0, 0.1) is 11.3 Å². The molecule has 0 spiro atoms. The maximum Gasteiger partial charge on any atom is 0.0766 e. The number of rotatable bonds is 2. The van der Waals surface area contributed by atoms with E-state index in [4.69, 9.17) is 10.4 Å². The highest BCUT2D eigenvalue weighted by Crippen LogP contribution is 2.22. The summed E-state index contributed by atoms with van der Waals surface area (Å²) >= 11 is 0. The van der Waals surface area contributed by atoms with Gasteiger partial charge in [-0.2, -0.15) is 5.26 Å². The van der Waals surface area contributed by atoms with Crippen LogP contribution < -0.4 is 0 Å². The Labute approximate surface area is 78.4 Å². The zero-order chi connectivity index (χ0) is 9.90. The Balaban J connectivity index is 3.00. The number of hydrogen-bond acceptors (Lipinski definition) is 2. The summed E-state index contributed by atoms with van der Waals surface area (Å²) in [6.07, 6.45) is 0. The van der Waals surface area contributed by atoms with Gasteiger partial charge in [0.05, 0.1) is 18.1 Å². The quantitative estimate of drug-likeness (QED) is 0.746. The second kappa shape index (κ2) is 3.59. The van der Waals surface area contributed by atoms with Gasteiger partial charge in [-0.1, -0.05) is 24.3 Å². The van der Waals surface area contributed by atoms with Crippen LogP contribution in [-0.4, -0.2) is 5.11 Å². The van der Waals surface area contributed by atoms with E-state index in [0.717, 1.165) is 11.1 Å². The minimum Gasteiger partial charge on any atom is -0.392 e. The topological polar surface area (TPSA) is 44.0 Å². The van der Waals surface area contributed by atoms with E-state index in [-0.39, 0.29) is 6.61 Å². The van der Waals surface area contributed by atoms with Crippen LogP contribution in [0.1, 0.15) is 25.0 Å². The third kappa shape index (κ3) is 2.07. The number of aliphatic hydroxyl groups is 1. The van der Waals surface area contributed by atoms with Crippen molar-refractivity contribution in [2.75, 3.05) is 0 Å². The van der Waals surface area contributed by atoms with Gasteiger partial charge in [0, 0.05) is 0 Å². The Morgan fingerprint density at radius 2 is 1.85 bits per heavy atom. The molecule has 1 aromatic rings. The zero-order valence-corrected chi connectivity index (χ0v) is 7.91. The van der Waals surface area contributed by atoms with Crippen LogP contribution in [0.2, 0.25) is 0 Å². The Morgan fingerprint density at radius 1 is 1.31 bits per heavy atom. The van der Waals surface area contributed by atoms with Gasteiger partial charge in [-0.25, -0.2) is 0 Å². The lowest BCUT2D eigenvalue weighted by atomic mass is 9.86. The average Bonchev–Trinajstić information content (AvgIpc) is 2.18. The fraction of sp³-hybridized carbons (Fsp3) is 0.364. The minimum absolute atomic E-state index is 0.0489. The molecule has 2 heteroatoms. The molecule has 0 aliphatic rings. The molecule has 0 atom stereocenters. The molecule has 0 saturated carbocycles. The molecule has 1 rings (SSSR count). The second-order valence-corrected chi connectivity index (χ2v) is 3.59. The summed E-state index contributed by atoms with van der Waals surface area (Å²) in [5, 5.41) is 17.7. The number of benzene rings is 1. The van der Waals surface area contributed by atoms with E-state index in [1.807, 2.05) is 38.1 Å². The van der Waals surface area contributed by atoms with Crippen LogP contribution in [0.4, 0.5) is 0 Å². The third-order valence-corrected chi connectivity index (χ3v) is 2.14. The van der Waals surface area contributed by atoms with Crippen molar-refractivity contribution in [1.29, 1.82) is 5.26 Å². The molecular formula is C11H13NO. The summed E-state index contributed by atoms with van der Waals surface area (Å²) in [4.78, 5) is 0. The van der Waals surface area contributed by atoms with Crippen molar-refractivity contribution >= 4 is 0 Å². The molecule has 68 valence electrons. The van der Waals surface area contributed by atoms with E-state index < -0.39 is 5.41 Å². The van der Waals surface area contributed by atoms with Crippen molar-refractivity contribution in [3.63, 3.8) is 0 Å². The van der Waals surface area contributed by atoms with Crippen LogP contribution in [-0.2, 0) is 12.0 Å². The molecule has 0 heterocycles. The van der Waals surface area contributed by atoms with Crippen LogP contribution in [0.25, 0.3) is 0 Å². The summed E-state index contributed by atoms with van der Waals surface area (Å²) in [7, 11) is 0.